The first-order valence-corrected chi connectivity index (χ1v) is 8.28. The second-order valence-corrected chi connectivity index (χ2v) is 6.62. The van der Waals surface area contributed by atoms with Crippen LogP contribution in [-0.4, -0.2) is 15.4 Å². The number of aromatic nitrogens is 2. The van der Waals surface area contributed by atoms with Gasteiger partial charge in [0.1, 0.15) is 0 Å². The van der Waals surface area contributed by atoms with Crippen molar-refractivity contribution >= 4 is 27.9 Å². The van der Waals surface area contributed by atoms with E-state index in [1.807, 2.05) is 18.2 Å². The molecule has 0 amide bonds. The molecule has 0 spiro atoms. The van der Waals surface area contributed by atoms with Crippen molar-refractivity contribution in [3.63, 3.8) is 0 Å². The Hall–Kier alpha value is -1.36. The number of rotatable bonds is 5. The van der Waals surface area contributed by atoms with Crippen LogP contribution >= 0.6 is 22.9 Å². The van der Waals surface area contributed by atoms with Crippen LogP contribution in [0.15, 0.2) is 35.8 Å². The van der Waals surface area contributed by atoms with Crippen LogP contribution < -0.4 is 5.32 Å². The standard InChI is InChI=1S/C16H18ClN3S/c1-11(8-13-4-3-5-14(17)9-13)18-10-15-12(2)19-16-20(15)6-7-21-16/h3-7,9,11,18H,8,10H2,1-2H3. The molecule has 21 heavy (non-hydrogen) atoms. The molecule has 1 N–H and O–H groups in total. The number of hydrogen-bond acceptors (Lipinski definition) is 3. The molecule has 0 aliphatic carbocycles. The lowest BCUT2D eigenvalue weighted by Gasteiger charge is -2.14. The fourth-order valence-corrected chi connectivity index (χ4v) is 3.51. The highest BCUT2D eigenvalue weighted by Gasteiger charge is 2.11. The van der Waals surface area contributed by atoms with Gasteiger partial charge >= 0.3 is 0 Å². The summed E-state index contributed by atoms with van der Waals surface area (Å²) in [5, 5.41) is 6.44. The third-order valence-corrected chi connectivity index (χ3v) is 4.60. The molecule has 0 saturated heterocycles. The van der Waals surface area contributed by atoms with Gasteiger partial charge in [-0.2, -0.15) is 0 Å². The maximum Gasteiger partial charge on any atom is 0.194 e. The summed E-state index contributed by atoms with van der Waals surface area (Å²) in [5.74, 6) is 0. The van der Waals surface area contributed by atoms with Crippen LogP contribution in [0.3, 0.4) is 0 Å². The van der Waals surface area contributed by atoms with Crippen LogP contribution in [0.4, 0.5) is 0 Å². The van der Waals surface area contributed by atoms with Crippen molar-refractivity contribution in [3.8, 4) is 0 Å². The molecule has 0 aliphatic heterocycles. The summed E-state index contributed by atoms with van der Waals surface area (Å²) in [6.07, 6.45) is 3.05. The van der Waals surface area contributed by atoms with Gasteiger partial charge in [0.2, 0.25) is 0 Å². The Morgan fingerprint density at radius 3 is 3.10 bits per heavy atom. The lowest BCUT2D eigenvalue weighted by Crippen LogP contribution is -2.28. The van der Waals surface area contributed by atoms with E-state index in [-0.39, 0.29) is 0 Å². The van der Waals surface area contributed by atoms with Crippen molar-refractivity contribution in [2.75, 3.05) is 0 Å². The summed E-state index contributed by atoms with van der Waals surface area (Å²) >= 11 is 7.70. The van der Waals surface area contributed by atoms with Crippen LogP contribution in [0.5, 0.6) is 0 Å². The fraction of sp³-hybridized carbons (Fsp3) is 0.312. The second-order valence-electron chi connectivity index (χ2n) is 5.32. The molecule has 0 radical (unpaired) electrons. The third kappa shape index (κ3) is 3.28. The van der Waals surface area contributed by atoms with Crippen molar-refractivity contribution in [1.29, 1.82) is 0 Å². The second kappa shape index (κ2) is 6.18. The van der Waals surface area contributed by atoms with Gasteiger partial charge in [-0.25, -0.2) is 4.98 Å². The zero-order valence-electron chi connectivity index (χ0n) is 12.1. The fourth-order valence-electron chi connectivity index (χ4n) is 2.51. The van der Waals surface area contributed by atoms with Crippen molar-refractivity contribution in [2.24, 2.45) is 0 Å². The Balaban J connectivity index is 1.64. The van der Waals surface area contributed by atoms with E-state index < -0.39 is 0 Å². The molecule has 5 heteroatoms. The lowest BCUT2D eigenvalue weighted by molar-refractivity contribution is 0.537. The van der Waals surface area contributed by atoms with E-state index in [9.17, 15) is 0 Å². The van der Waals surface area contributed by atoms with Gasteiger partial charge in [-0.3, -0.25) is 4.40 Å². The van der Waals surface area contributed by atoms with Gasteiger partial charge in [0, 0.05) is 29.2 Å². The zero-order valence-corrected chi connectivity index (χ0v) is 13.7. The summed E-state index contributed by atoms with van der Waals surface area (Å²) in [6.45, 7) is 5.09. The van der Waals surface area contributed by atoms with Gasteiger partial charge in [0.15, 0.2) is 4.96 Å². The van der Waals surface area contributed by atoms with Crippen LogP contribution in [0, 0.1) is 6.92 Å². The van der Waals surface area contributed by atoms with E-state index in [4.69, 9.17) is 11.6 Å². The van der Waals surface area contributed by atoms with E-state index in [1.165, 1.54) is 11.3 Å². The number of nitrogens with one attached hydrogen (secondary N) is 1. The van der Waals surface area contributed by atoms with Gasteiger partial charge in [-0.1, -0.05) is 23.7 Å². The predicted octanol–water partition coefficient (Wildman–Crippen LogP) is 4.08. The SMILES string of the molecule is Cc1nc2sccn2c1CNC(C)Cc1cccc(Cl)c1. The topological polar surface area (TPSA) is 29.3 Å². The molecule has 0 bridgehead atoms. The number of hydrogen-bond donors (Lipinski definition) is 1. The highest BCUT2D eigenvalue weighted by molar-refractivity contribution is 7.15. The molecular formula is C16H18ClN3S. The molecule has 110 valence electrons. The molecule has 1 aromatic carbocycles. The van der Waals surface area contributed by atoms with Crippen molar-refractivity contribution in [2.45, 2.75) is 32.9 Å². The number of halogens is 1. The van der Waals surface area contributed by atoms with Gasteiger partial charge in [-0.05, 0) is 38.0 Å². The largest absolute Gasteiger partial charge is 0.308 e. The van der Waals surface area contributed by atoms with E-state index >= 15 is 0 Å². The zero-order chi connectivity index (χ0) is 14.8. The summed E-state index contributed by atoms with van der Waals surface area (Å²) < 4.78 is 2.17. The van der Waals surface area contributed by atoms with Crippen molar-refractivity contribution in [3.05, 3.63) is 57.8 Å². The Labute approximate surface area is 133 Å². The first-order valence-electron chi connectivity index (χ1n) is 7.02. The predicted molar refractivity (Wildman–Crippen MR) is 89.3 cm³/mol. The lowest BCUT2D eigenvalue weighted by atomic mass is 10.1. The molecule has 0 saturated carbocycles. The van der Waals surface area contributed by atoms with E-state index in [1.54, 1.807) is 11.3 Å². The molecule has 2 heterocycles. The highest BCUT2D eigenvalue weighted by Crippen LogP contribution is 2.17. The number of aryl methyl sites for hydroxylation is 1. The Morgan fingerprint density at radius 2 is 2.29 bits per heavy atom. The number of nitrogens with zero attached hydrogens (tertiary/aromatic N) is 2. The van der Waals surface area contributed by atoms with E-state index in [2.05, 4.69) is 46.2 Å². The highest BCUT2D eigenvalue weighted by atomic mass is 35.5. The first-order chi connectivity index (χ1) is 10.1. The van der Waals surface area contributed by atoms with Gasteiger partial charge in [-0.15, -0.1) is 11.3 Å². The Bertz CT molecular complexity index is 747. The molecule has 1 atom stereocenters. The average molecular weight is 320 g/mol. The van der Waals surface area contributed by atoms with Crippen LogP contribution in [-0.2, 0) is 13.0 Å². The molecule has 3 aromatic rings. The summed E-state index contributed by atoms with van der Waals surface area (Å²) in [7, 11) is 0. The smallest absolute Gasteiger partial charge is 0.194 e. The number of imidazole rings is 1. The summed E-state index contributed by atoms with van der Waals surface area (Å²) in [4.78, 5) is 5.63. The molecule has 2 aromatic heterocycles. The maximum atomic E-state index is 6.03. The minimum absolute atomic E-state index is 0.382. The average Bonchev–Trinajstić information content (AvgIpc) is 2.97. The van der Waals surface area contributed by atoms with E-state index in [0.29, 0.717) is 6.04 Å². The third-order valence-electron chi connectivity index (χ3n) is 3.61. The van der Waals surface area contributed by atoms with E-state index in [0.717, 1.165) is 28.6 Å². The normalized spacial score (nSPS) is 12.9. The first kappa shape index (κ1) is 14.6. The summed E-state index contributed by atoms with van der Waals surface area (Å²) in [5.41, 5.74) is 3.60. The molecule has 3 nitrogen and oxygen atoms in total. The number of thiazole rings is 1. The van der Waals surface area contributed by atoms with Gasteiger partial charge in [0.05, 0.1) is 11.4 Å². The molecule has 3 rings (SSSR count). The Kier molecular flexibility index (Phi) is 4.29. The minimum atomic E-state index is 0.382. The molecule has 1 unspecified atom stereocenters. The number of benzene rings is 1. The number of fused-ring (bicyclic) bond motifs is 1. The summed E-state index contributed by atoms with van der Waals surface area (Å²) in [6, 6.07) is 8.44. The van der Waals surface area contributed by atoms with Crippen LogP contribution in [0.2, 0.25) is 5.02 Å². The van der Waals surface area contributed by atoms with Crippen LogP contribution in [0.1, 0.15) is 23.9 Å². The molecule has 0 fully saturated rings. The Morgan fingerprint density at radius 1 is 1.43 bits per heavy atom. The minimum Gasteiger partial charge on any atom is -0.308 e. The van der Waals surface area contributed by atoms with Gasteiger partial charge in [0.25, 0.3) is 0 Å². The van der Waals surface area contributed by atoms with Crippen molar-refractivity contribution in [1.82, 2.24) is 14.7 Å². The van der Waals surface area contributed by atoms with Gasteiger partial charge < -0.3 is 5.32 Å². The maximum absolute atomic E-state index is 6.03. The van der Waals surface area contributed by atoms with Crippen molar-refractivity contribution < 1.29 is 0 Å². The monoisotopic (exact) mass is 319 g/mol. The molecular weight excluding hydrogens is 302 g/mol. The van der Waals surface area contributed by atoms with Crippen LogP contribution in [0.25, 0.3) is 4.96 Å². The molecule has 0 aliphatic rings. The quantitative estimate of drug-likeness (QED) is 0.768.